The molecule has 1 fully saturated rings. The maximum atomic E-state index is 8.96. The third-order valence-electron chi connectivity index (χ3n) is 4.17. The van der Waals surface area contributed by atoms with E-state index >= 15 is 0 Å². The van der Waals surface area contributed by atoms with E-state index in [1.807, 2.05) is 12.1 Å². The molecular formula is C16H23N3. The zero-order valence-electron chi connectivity index (χ0n) is 11.7. The molecule has 0 heterocycles. The van der Waals surface area contributed by atoms with Crippen molar-refractivity contribution in [2.24, 2.45) is 5.92 Å². The van der Waals surface area contributed by atoms with Gasteiger partial charge in [0.15, 0.2) is 0 Å². The second-order valence-corrected chi connectivity index (χ2v) is 5.60. The lowest BCUT2D eigenvalue weighted by Gasteiger charge is -2.26. The van der Waals surface area contributed by atoms with E-state index in [2.05, 4.69) is 18.0 Å². The molecule has 2 N–H and O–H groups in total. The first kappa shape index (κ1) is 13.7. The minimum atomic E-state index is 0.675. The van der Waals surface area contributed by atoms with Crippen molar-refractivity contribution in [3.05, 3.63) is 23.8 Å². The number of hydrogen-bond acceptors (Lipinski definition) is 3. The number of nitriles is 1. The third kappa shape index (κ3) is 3.64. The summed E-state index contributed by atoms with van der Waals surface area (Å²) < 4.78 is 0. The summed E-state index contributed by atoms with van der Waals surface area (Å²) in [7, 11) is 2.07. The van der Waals surface area contributed by atoms with Crippen LogP contribution in [0.15, 0.2) is 18.2 Å². The van der Waals surface area contributed by atoms with Gasteiger partial charge in [-0.25, -0.2) is 0 Å². The zero-order chi connectivity index (χ0) is 13.7. The summed E-state index contributed by atoms with van der Waals surface area (Å²) in [6.45, 7) is 1.02. The van der Waals surface area contributed by atoms with Gasteiger partial charge in [-0.15, -0.1) is 0 Å². The van der Waals surface area contributed by atoms with Crippen LogP contribution in [0.4, 0.5) is 11.4 Å². The highest BCUT2D eigenvalue weighted by Gasteiger charge is 2.14. The van der Waals surface area contributed by atoms with Crippen LogP contribution in [-0.4, -0.2) is 13.6 Å². The molecule has 1 aliphatic carbocycles. The third-order valence-corrected chi connectivity index (χ3v) is 4.17. The van der Waals surface area contributed by atoms with Crippen LogP contribution in [0.5, 0.6) is 0 Å². The van der Waals surface area contributed by atoms with Crippen molar-refractivity contribution >= 4 is 11.4 Å². The molecule has 0 atom stereocenters. The van der Waals surface area contributed by atoms with Gasteiger partial charge in [0.2, 0.25) is 0 Å². The molecule has 0 spiro atoms. The Kier molecular flexibility index (Phi) is 4.68. The van der Waals surface area contributed by atoms with Crippen LogP contribution in [0.2, 0.25) is 0 Å². The van der Waals surface area contributed by atoms with Crippen molar-refractivity contribution in [3.63, 3.8) is 0 Å². The minimum absolute atomic E-state index is 0.675. The molecule has 0 amide bonds. The molecular weight excluding hydrogens is 234 g/mol. The van der Waals surface area contributed by atoms with E-state index in [4.69, 9.17) is 11.0 Å². The van der Waals surface area contributed by atoms with Gasteiger partial charge in [-0.05, 0) is 30.5 Å². The summed E-state index contributed by atoms with van der Waals surface area (Å²) in [5, 5.41) is 8.96. The molecule has 3 heteroatoms. The topological polar surface area (TPSA) is 53.0 Å². The first-order chi connectivity index (χ1) is 9.20. The van der Waals surface area contributed by atoms with Gasteiger partial charge in [0.05, 0.1) is 23.0 Å². The fraction of sp³-hybridized carbons (Fsp3) is 0.562. The standard InChI is InChI=1S/C16H23N3/c1-19(10-9-13-5-3-2-4-6-13)16-11-14(12-17)7-8-15(16)18/h7-8,11,13H,2-6,9-10,18H2,1H3. The Morgan fingerprint density at radius 2 is 2.05 bits per heavy atom. The maximum Gasteiger partial charge on any atom is 0.0992 e. The van der Waals surface area contributed by atoms with Crippen LogP contribution >= 0.6 is 0 Å². The SMILES string of the molecule is CN(CCC1CCCCC1)c1cc(C#N)ccc1N. The van der Waals surface area contributed by atoms with Gasteiger partial charge in [-0.2, -0.15) is 5.26 Å². The van der Waals surface area contributed by atoms with E-state index < -0.39 is 0 Å². The number of hydrogen-bond donors (Lipinski definition) is 1. The van der Waals surface area contributed by atoms with E-state index in [9.17, 15) is 0 Å². The predicted octanol–water partition coefficient (Wildman–Crippen LogP) is 3.55. The van der Waals surface area contributed by atoms with Crippen molar-refractivity contribution in [2.75, 3.05) is 24.2 Å². The highest BCUT2D eigenvalue weighted by molar-refractivity contribution is 5.69. The molecule has 1 aromatic carbocycles. The largest absolute Gasteiger partial charge is 0.397 e. The Hall–Kier alpha value is -1.69. The molecule has 0 bridgehead atoms. The van der Waals surface area contributed by atoms with Crippen molar-refractivity contribution in [1.82, 2.24) is 0 Å². The highest BCUT2D eigenvalue weighted by Crippen LogP contribution is 2.28. The lowest BCUT2D eigenvalue weighted by molar-refractivity contribution is 0.341. The van der Waals surface area contributed by atoms with Crippen LogP contribution in [-0.2, 0) is 0 Å². The van der Waals surface area contributed by atoms with Gasteiger partial charge < -0.3 is 10.6 Å². The normalized spacial score (nSPS) is 16.0. The lowest BCUT2D eigenvalue weighted by atomic mass is 9.87. The molecule has 0 aliphatic heterocycles. The first-order valence-corrected chi connectivity index (χ1v) is 7.21. The van der Waals surface area contributed by atoms with Gasteiger partial charge in [-0.3, -0.25) is 0 Å². The molecule has 19 heavy (non-hydrogen) atoms. The Balaban J connectivity index is 1.95. The van der Waals surface area contributed by atoms with Gasteiger partial charge in [0, 0.05) is 13.6 Å². The molecule has 0 radical (unpaired) electrons. The summed E-state index contributed by atoms with van der Waals surface area (Å²) >= 11 is 0. The monoisotopic (exact) mass is 257 g/mol. The van der Waals surface area contributed by atoms with Crippen molar-refractivity contribution in [1.29, 1.82) is 5.26 Å². The van der Waals surface area contributed by atoms with Crippen molar-refractivity contribution < 1.29 is 0 Å². The molecule has 0 aromatic heterocycles. The molecule has 2 rings (SSSR count). The van der Waals surface area contributed by atoms with E-state index in [0.29, 0.717) is 5.56 Å². The second kappa shape index (κ2) is 6.47. The summed E-state index contributed by atoms with van der Waals surface area (Å²) in [5.74, 6) is 0.872. The van der Waals surface area contributed by atoms with Crippen LogP contribution in [0.3, 0.4) is 0 Å². The van der Waals surface area contributed by atoms with Gasteiger partial charge in [-0.1, -0.05) is 32.1 Å². The van der Waals surface area contributed by atoms with Crippen LogP contribution < -0.4 is 10.6 Å². The van der Waals surface area contributed by atoms with E-state index in [0.717, 1.165) is 23.8 Å². The predicted molar refractivity (Wildman–Crippen MR) is 80.0 cm³/mol. The molecule has 102 valence electrons. The van der Waals surface area contributed by atoms with Crippen molar-refractivity contribution in [2.45, 2.75) is 38.5 Å². The number of anilines is 2. The fourth-order valence-electron chi connectivity index (χ4n) is 2.92. The van der Waals surface area contributed by atoms with Crippen LogP contribution in [0.25, 0.3) is 0 Å². The Morgan fingerprint density at radius 3 is 2.74 bits per heavy atom. The average molecular weight is 257 g/mol. The Morgan fingerprint density at radius 1 is 1.32 bits per heavy atom. The van der Waals surface area contributed by atoms with E-state index in [1.54, 1.807) is 6.07 Å². The molecule has 1 saturated carbocycles. The Labute approximate surface area is 116 Å². The van der Waals surface area contributed by atoms with Crippen LogP contribution in [0.1, 0.15) is 44.1 Å². The number of nitrogens with two attached hydrogens (primary N) is 1. The molecule has 0 unspecified atom stereocenters. The molecule has 1 aromatic rings. The lowest BCUT2D eigenvalue weighted by Crippen LogP contribution is -2.23. The second-order valence-electron chi connectivity index (χ2n) is 5.60. The summed E-state index contributed by atoms with van der Waals surface area (Å²) in [6, 6.07) is 7.65. The van der Waals surface area contributed by atoms with E-state index in [-0.39, 0.29) is 0 Å². The van der Waals surface area contributed by atoms with E-state index in [1.165, 1.54) is 38.5 Å². The first-order valence-electron chi connectivity index (χ1n) is 7.21. The quantitative estimate of drug-likeness (QED) is 0.839. The summed E-state index contributed by atoms with van der Waals surface area (Å²) in [6.07, 6.45) is 8.17. The molecule has 1 aliphatic rings. The van der Waals surface area contributed by atoms with Gasteiger partial charge in [0.1, 0.15) is 0 Å². The summed E-state index contributed by atoms with van der Waals surface area (Å²) in [5.41, 5.74) is 8.41. The number of nitrogen functional groups attached to an aromatic ring is 1. The summed E-state index contributed by atoms with van der Waals surface area (Å²) in [4.78, 5) is 2.19. The molecule has 3 nitrogen and oxygen atoms in total. The fourth-order valence-corrected chi connectivity index (χ4v) is 2.92. The number of rotatable bonds is 4. The van der Waals surface area contributed by atoms with Gasteiger partial charge >= 0.3 is 0 Å². The van der Waals surface area contributed by atoms with Gasteiger partial charge in [0.25, 0.3) is 0 Å². The number of benzene rings is 1. The highest BCUT2D eigenvalue weighted by atomic mass is 15.1. The number of nitrogens with zero attached hydrogens (tertiary/aromatic N) is 2. The van der Waals surface area contributed by atoms with Crippen LogP contribution in [0, 0.1) is 17.2 Å². The Bertz CT molecular complexity index is 456. The molecule has 0 saturated heterocycles. The van der Waals surface area contributed by atoms with Crippen molar-refractivity contribution in [3.8, 4) is 6.07 Å². The maximum absolute atomic E-state index is 8.96. The zero-order valence-corrected chi connectivity index (χ0v) is 11.7. The smallest absolute Gasteiger partial charge is 0.0992 e. The minimum Gasteiger partial charge on any atom is -0.397 e. The average Bonchev–Trinajstić information content (AvgIpc) is 2.46.